The predicted molar refractivity (Wildman–Crippen MR) is 66.4 cm³/mol. The van der Waals surface area contributed by atoms with Gasteiger partial charge in [-0.05, 0) is 13.0 Å². The van der Waals surface area contributed by atoms with Crippen molar-refractivity contribution in [3.8, 4) is 5.75 Å². The van der Waals surface area contributed by atoms with Crippen LogP contribution in [0.1, 0.15) is 24.6 Å². The maximum Gasteiger partial charge on any atom is 0.273 e. The van der Waals surface area contributed by atoms with Crippen LogP contribution in [0, 0.1) is 10.1 Å². The topological polar surface area (TPSA) is 120 Å². The molecule has 2 aromatic rings. The molecule has 0 unspecified atom stereocenters. The Morgan fingerprint density at radius 2 is 2.37 bits per heavy atom. The van der Waals surface area contributed by atoms with Crippen LogP contribution in [-0.4, -0.2) is 20.1 Å². The van der Waals surface area contributed by atoms with Gasteiger partial charge in [-0.2, -0.15) is 5.10 Å². The number of nitro benzene ring substituents is 1. The van der Waals surface area contributed by atoms with Crippen LogP contribution in [0.15, 0.2) is 24.3 Å². The zero-order chi connectivity index (χ0) is 13.8. The third-order valence-corrected chi connectivity index (χ3v) is 2.36. The van der Waals surface area contributed by atoms with Crippen molar-refractivity contribution in [1.82, 2.24) is 15.2 Å². The van der Waals surface area contributed by atoms with Crippen LogP contribution in [0.2, 0.25) is 0 Å². The van der Waals surface area contributed by atoms with Gasteiger partial charge in [0.2, 0.25) is 0 Å². The van der Waals surface area contributed by atoms with Crippen molar-refractivity contribution < 1.29 is 9.66 Å². The number of nitrogens with two attached hydrogens (primary N) is 1. The van der Waals surface area contributed by atoms with E-state index in [0.29, 0.717) is 17.4 Å². The quantitative estimate of drug-likeness (QED) is 0.619. The molecule has 1 aromatic heterocycles. The highest BCUT2D eigenvalue weighted by molar-refractivity contribution is 5.37. The molecule has 0 radical (unpaired) electrons. The first-order valence-electron chi connectivity index (χ1n) is 5.60. The van der Waals surface area contributed by atoms with Crippen LogP contribution in [0.25, 0.3) is 0 Å². The molecule has 0 saturated carbocycles. The monoisotopic (exact) mass is 263 g/mol. The van der Waals surface area contributed by atoms with Crippen molar-refractivity contribution in [2.75, 3.05) is 0 Å². The van der Waals surface area contributed by atoms with E-state index < -0.39 is 4.92 Å². The van der Waals surface area contributed by atoms with Crippen molar-refractivity contribution in [3.05, 3.63) is 46.0 Å². The Hall–Kier alpha value is -2.48. The van der Waals surface area contributed by atoms with Crippen molar-refractivity contribution in [1.29, 1.82) is 0 Å². The zero-order valence-corrected chi connectivity index (χ0v) is 10.2. The fraction of sp³-hybridized carbons (Fsp3) is 0.273. The summed E-state index contributed by atoms with van der Waals surface area (Å²) >= 11 is 0. The van der Waals surface area contributed by atoms with Gasteiger partial charge in [-0.3, -0.25) is 15.2 Å². The van der Waals surface area contributed by atoms with E-state index in [1.165, 1.54) is 12.1 Å². The summed E-state index contributed by atoms with van der Waals surface area (Å²) in [6, 6.07) is 5.68. The number of rotatable bonds is 5. The molecule has 0 bridgehead atoms. The van der Waals surface area contributed by atoms with Gasteiger partial charge in [0.25, 0.3) is 5.69 Å². The van der Waals surface area contributed by atoms with Gasteiger partial charge in [0, 0.05) is 6.07 Å². The Balaban J connectivity index is 2.01. The average molecular weight is 263 g/mol. The van der Waals surface area contributed by atoms with E-state index in [1.54, 1.807) is 19.1 Å². The number of hydrogen-bond donors (Lipinski definition) is 2. The van der Waals surface area contributed by atoms with Crippen molar-refractivity contribution in [2.24, 2.45) is 5.73 Å². The minimum absolute atomic E-state index is 0.0219. The molecular weight excluding hydrogens is 250 g/mol. The largest absolute Gasteiger partial charge is 0.485 e. The number of non-ortho nitro benzene ring substituents is 1. The molecule has 0 aliphatic heterocycles. The van der Waals surface area contributed by atoms with Gasteiger partial charge in [-0.1, -0.05) is 6.07 Å². The lowest BCUT2D eigenvalue weighted by Gasteiger charge is -2.03. The molecule has 1 heterocycles. The number of aromatic amines is 1. The molecule has 1 atom stereocenters. The summed E-state index contributed by atoms with van der Waals surface area (Å²) in [5.74, 6) is 1.41. The smallest absolute Gasteiger partial charge is 0.273 e. The summed E-state index contributed by atoms with van der Waals surface area (Å²) < 4.78 is 5.40. The normalized spacial score (nSPS) is 12.1. The molecule has 0 fully saturated rings. The molecule has 0 aliphatic carbocycles. The van der Waals surface area contributed by atoms with E-state index in [0.717, 1.165) is 0 Å². The number of hydrogen-bond acceptors (Lipinski definition) is 6. The van der Waals surface area contributed by atoms with Gasteiger partial charge in [-0.15, -0.1) is 0 Å². The minimum Gasteiger partial charge on any atom is -0.485 e. The molecular formula is C11H13N5O3. The van der Waals surface area contributed by atoms with E-state index in [-0.39, 0.29) is 18.3 Å². The van der Waals surface area contributed by atoms with E-state index in [4.69, 9.17) is 10.5 Å². The highest BCUT2D eigenvalue weighted by Crippen LogP contribution is 2.19. The molecule has 100 valence electrons. The molecule has 0 amide bonds. The van der Waals surface area contributed by atoms with Crippen LogP contribution in [-0.2, 0) is 6.61 Å². The average Bonchev–Trinajstić information content (AvgIpc) is 2.85. The summed E-state index contributed by atoms with van der Waals surface area (Å²) in [6.45, 7) is 1.91. The number of benzene rings is 1. The van der Waals surface area contributed by atoms with E-state index in [9.17, 15) is 10.1 Å². The lowest BCUT2D eigenvalue weighted by molar-refractivity contribution is -0.384. The third-order valence-electron chi connectivity index (χ3n) is 2.36. The molecule has 3 N–H and O–H groups in total. The third kappa shape index (κ3) is 3.26. The summed E-state index contributed by atoms with van der Waals surface area (Å²) in [5.41, 5.74) is 5.60. The Labute approximate surface area is 108 Å². The maximum absolute atomic E-state index is 10.6. The highest BCUT2D eigenvalue weighted by Gasteiger charge is 2.09. The molecule has 1 aromatic carbocycles. The second-order valence-corrected chi connectivity index (χ2v) is 3.97. The van der Waals surface area contributed by atoms with Crippen LogP contribution in [0.3, 0.4) is 0 Å². The fourth-order valence-electron chi connectivity index (χ4n) is 1.42. The second kappa shape index (κ2) is 5.44. The Morgan fingerprint density at radius 1 is 1.58 bits per heavy atom. The summed E-state index contributed by atoms with van der Waals surface area (Å²) in [5, 5.41) is 17.2. The number of nitro groups is 1. The number of H-pyrrole nitrogens is 1. The molecule has 8 heteroatoms. The van der Waals surface area contributed by atoms with Crippen LogP contribution in [0.4, 0.5) is 5.69 Å². The van der Waals surface area contributed by atoms with Gasteiger partial charge in [-0.25, -0.2) is 4.98 Å². The fourth-order valence-corrected chi connectivity index (χ4v) is 1.42. The van der Waals surface area contributed by atoms with Gasteiger partial charge < -0.3 is 10.5 Å². The lowest BCUT2D eigenvalue weighted by atomic mass is 10.3. The second-order valence-electron chi connectivity index (χ2n) is 3.97. The van der Waals surface area contributed by atoms with Crippen molar-refractivity contribution in [3.63, 3.8) is 0 Å². The minimum atomic E-state index is -0.477. The highest BCUT2D eigenvalue weighted by atomic mass is 16.6. The standard InChI is InChI=1S/C11H13N5O3/c1-7(12)11-13-10(14-15-11)6-19-9-4-2-3-8(5-9)16(17)18/h2-5,7H,6,12H2,1H3,(H,13,14,15)/t7-/m1/s1. The van der Waals surface area contributed by atoms with Gasteiger partial charge in [0.15, 0.2) is 11.6 Å². The van der Waals surface area contributed by atoms with Crippen LogP contribution in [0.5, 0.6) is 5.75 Å². The first-order valence-corrected chi connectivity index (χ1v) is 5.60. The van der Waals surface area contributed by atoms with Gasteiger partial charge >= 0.3 is 0 Å². The molecule has 2 rings (SSSR count). The summed E-state index contributed by atoms with van der Waals surface area (Å²) in [4.78, 5) is 14.3. The SMILES string of the molecule is C[C@@H](N)c1n[nH]c(COc2cccc([N+](=O)[O-])c2)n1. The lowest BCUT2D eigenvalue weighted by Crippen LogP contribution is -2.07. The maximum atomic E-state index is 10.6. The van der Waals surface area contributed by atoms with Crippen LogP contribution >= 0.6 is 0 Å². The number of aromatic nitrogens is 3. The molecule has 8 nitrogen and oxygen atoms in total. The van der Waals surface area contributed by atoms with E-state index in [2.05, 4.69) is 15.2 Å². The summed E-state index contributed by atoms with van der Waals surface area (Å²) in [7, 11) is 0. The Kier molecular flexibility index (Phi) is 3.71. The Bertz CT molecular complexity index is 581. The molecule has 0 saturated heterocycles. The molecule has 19 heavy (non-hydrogen) atoms. The number of nitrogens with one attached hydrogen (secondary N) is 1. The molecule has 0 spiro atoms. The van der Waals surface area contributed by atoms with E-state index >= 15 is 0 Å². The molecule has 0 aliphatic rings. The predicted octanol–water partition coefficient (Wildman–Crippen LogP) is 1.31. The number of nitrogens with zero attached hydrogens (tertiary/aromatic N) is 3. The van der Waals surface area contributed by atoms with Gasteiger partial charge in [0.05, 0.1) is 17.0 Å². The first-order chi connectivity index (χ1) is 9.06. The summed E-state index contributed by atoms with van der Waals surface area (Å²) in [6.07, 6.45) is 0. The van der Waals surface area contributed by atoms with Crippen molar-refractivity contribution >= 4 is 5.69 Å². The first kappa shape index (κ1) is 13.0. The number of ether oxygens (including phenoxy) is 1. The Morgan fingerprint density at radius 3 is 3.00 bits per heavy atom. The zero-order valence-electron chi connectivity index (χ0n) is 10.2. The van der Waals surface area contributed by atoms with Gasteiger partial charge in [0.1, 0.15) is 12.4 Å². The van der Waals surface area contributed by atoms with Crippen molar-refractivity contribution in [2.45, 2.75) is 19.6 Å². The van der Waals surface area contributed by atoms with E-state index in [1.807, 2.05) is 0 Å². The van der Waals surface area contributed by atoms with Crippen LogP contribution < -0.4 is 10.5 Å².